The van der Waals surface area contributed by atoms with Crippen LogP contribution < -0.4 is 15.4 Å². The molecule has 0 radical (unpaired) electrons. The summed E-state index contributed by atoms with van der Waals surface area (Å²) >= 11 is 0. The zero-order chi connectivity index (χ0) is 22.5. The lowest BCUT2D eigenvalue weighted by Gasteiger charge is -2.29. The molecule has 2 aromatic rings. The summed E-state index contributed by atoms with van der Waals surface area (Å²) in [5.74, 6) is -1.11. The van der Waals surface area contributed by atoms with Crippen LogP contribution in [0.25, 0.3) is 0 Å². The minimum Gasteiger partial charge on any atom is -0.450 e. The van der Waals surface area contributed by atoms with E-state index in [2.05, 4.69) is 15.4 Å². The molecule has 0 aliphatic carbocycles. The molecule has 30 heavy (non-hydrogen) atoms. The standard InChI is InChI=1S/C20H21F4N3O3/c1-4-29-18(28)26-16-10-5-12(11-15(16)21)17(25)19(2,3)27-13-6-8-14(9-7-13)30-20(22,23)24/h5-11,25,27H,4H2,1-3H3,(H,26,28). The van der Waals surface area contributed by atoms with Gasteiger partial charge in [-0.05, 0) is 57.2 Å². The van der Waals surface area contributed by atoms with E-state index in [0.717, 1.165) is 18.2 Å². The maximum Gasteiger partial charge on any atom is 0.573 e. The van der Waals surface area contributed by atoms with Gasteiger partial charge in [-0.2, -0.15) is 0 Å². The minimum absolute atomic E-state index is 0.0275. The van der Waals surface area contributed by atoms with E-state index in [0.29, 0.717) is 5.69 Å². The summed E-state index contributed by atoms with van der Waals surface area (Å²) in [5, 5.41) is 13.7. The average molecular weight is 427 g/mol. The number of ether oxygens (including phenoxy) is 2. The van der Waals surface area contributed by atoms with Crippen molar-refractivity contribution in [2.45, 2.75) is 32.7 Å². The van der Waals surface area contributed by atoms with Gasteiger partial charge in [0.15, 0.2) is 0 Å². The van der Waals surface area contributed by atoms with Gasteiger partial charge in [-0.15, -0.1) is 13.2 Å². The van der Waals surface area contributed by atoms with Gasteiger partial charge in [0, 0.05) is 11.3 Å². The predicted octanol–water partition coefficient (Wildman–Crippen LogP) is 5.55. The number of carbonyl (C=O) groups excluding carboxylic acids is 1. The van der Waals surface area contributed by atoms with E-state index < -0.39 is 23.8 Å². The van der Waals surface area contributed by atoms with Crippen LogP contribution >= 0.6 is 0 Å². The summed E-state index contributed by atoms with van der Waals surface area (Å²) in [5.41, 5.74) is -0.345. The van der Waals surface area contributed by atoms with Crippen molar-refractivity contribution in [3.8, 4) is 5.75 Å². The largest absolute Gasteiger partial charge is 0.573 e. The zero-order valence-electron chi connectivity index (χ0n) is 16.5. The lowest BCUT2D eigenvalue weighted by Crippen LogP contribution is -2.40. The molecule has 10 heteroatoms. The van der Waals surface area contributed by atoms with Crippen molar-refractivity contribution < 1.29 is 31.8 Å². The molecule has 0 fully saturated rings. The van der Waals surface area contributed by atoms with E-state index in [9.17, 15) is 22.4 Å². The number of carbonyl (C=O) groups is 1. The third kappa shape index (κ3) is 6.36. The minimum atomic E-state index is -4.78. The van der Waals surface area contributed by atoms with Gasteiger partial charge in [0.25, 0.3) is 0 Å². The van der Waals surface area contributed by atoms with E-state index in [1.165, 1.54) is 24.3 Å². The predicted molar refractivity (Wildman–Crippen MR) is 105 cm³/mol. The Bertz CT molecular complexity index is 913. The fourth-order valence-electron chi connectivity index (χ4n) is 2.57. The van der Waals surface area contributed by atoms with E-state index in [4.69, 9.17) is 10.1 Å². The van der Waals surface area contributed by atoms with Crippen molar-refractivity contribution >= 4 is 23.2 Å². The van der Waals surface area contributed by atoms with Gasteiger partial charge in [0.05, 0.1) is 23.5 Å². The van der Waals surface area contributed by atoms with Crippen molar-refractivity contribution in [2.75, 3.05) is 17.2 Å². The molecule has 6 nitrogen and oxygen atoms in total. The van der Waals surface area contributed by atoms with Gasteiger partial charge < -0.3 is 20.2 Å². The van der Waals surface area contributed by atoms with Crippen LogP contribution in [0, 0.1) is 11.2 Å². The number of rotatable bonds is 7. The van der Waals surface area contributed by atoms with Crippen LogP contribution in [0.15, 0.2) is 42.5 Å². The Morgan fingerprint density at radius 2 is 1.73 bits per heavy atom. The maximum absolute atomic E-state index is 14.3. The van der Waals surface area contributed by atoms with Gasteiger partial charge in [-0.1, -0.05) is 6.07 Å². The third-order valence-corrected chi connectivity index (χ3v) is 3.94. The highest BCUT2D eigenvalue weighted by Gasteiger charge is 2.31. The number of alkyl halides is 3. The van der Waals surface area contributed by atoms with Crippen LogP contribution in [0.4, 0.5) is 33.7 Å². The number of hydrogen-bond acceptors (Lipinski definition) is 5. The molecule has 0 aromatic heterocycles. The van der Waals surface area contributed by atoms with E-state index in [1.807, 2.05) is 0 Å². The van der Waals surface area contributed by atoms with E-state index >= 15 is 0 Å². The summed E-state index contributed by atoms with van der Waals surface area (Å²) in [6.45, 7) is 5.09. The van der Waals surface area contributed by atoms with Crippen molar-refractivity contribution in [1.29, 1.82) is 5.41 Å². The number of hydrogen-bond donors (Lipinski definition) is 3. The summed E-state index contributed by atoms with van der Waals surface area (Å²) < 4.78 is 59.6. The molecule has 2 rings (SSSR count). The highest BCUT2D eigenvalue weighted by molar-refractivity contribution is 6.06. The Kier molecular flexibility index (Phi) is 6.91. The van der Waals surface area contributed by atoms with Gasteiger partial charge in [0.1, 0.15) is 11.6 Å². The Balaban J connectivity index is 2.11. The summed E-state index contributed by atoms with van der Waals surface area (Å²) in [7, 11) is 0. The average Bonchev–Trinajstić information content (AvgIpc) is 2.63. The first-order valence-electron chi connectivity index (χ1n) is 8.88. The SMILES string of the molecule is CCOC(=O)Nc1ccc(C(=N)C(C)(C)Nc2ccc(OC(F)(F)F)cc2)cc1F. The van der Waals surface area contributed by atoms with Crippen LogP contribution in [0.1, 0.15) is 26.3 Å². The first-order chi connectivity index (χ1) is 13.9. The highest BCUT2D eigenvalue weighted by Crippen LogP contribution is 2.26. The Morgan fingerprint density at radius 3 is 2.27 bits per heavy atom. The lowest BCUT2D eigenvalue weighted by atomic mass is 9.91. The van der Waals surface area contributed by atoms with Crippen molar-refractivity contribution in [1.82, 2.24) is 0 Å². The number of benzene rings is 2. The van der Waals surface area contributed by atoms with Crippen LogP contribution in [-0.2, 0) is 4.74 Å². The van der Waals surface area contributed by atoms with Crippen LogP contribution in [0.3, 0.4) is 0 Å². The molecule has 1 amide bonds. The summed E-state index contributed by atoms with van der Waals surface area (Å²) in [6.07, 6.45) is -5.58. The molecule has 0 aliphatic rings. The van der Waals surface area contributed by atoms with Gasteiger partial charge in [-0.3, -0.25) is 5.32 Å². The second-order valence-corrected chi connectivity index (χ2v) is 6.74. The Morgan fingerprint density at radius 1 is 1.10 bits per heavy atom. The zero-order valence-corrected chi connectivity index (χ0v) is 16.5. The molecule has 0 unspecified atom stereocenters. The second kappa shape index (κ2) is 9.02. The van der Waals surface area contributed by atoms with Gasteiger partial charge in [0.2, 0.25) is 0 Å². The first kappa shape index (κ1) is 23.0. The first-order valence-corrected chi connectivity index (χ1v) is 8.88. The van der Waals surface area contributed by atoms with Crippen molar-refractivity contribution in [3.63, 3.8) is 0 Å². The molecule has 0 heterocycles. The summed E-state index contributed by atoms with van der Waals surface area (Å²) in [6, 6.07) is 8.93. The molecule has 2 aromatic carbocycles. The number of nitrogens with one attached hydrogen (secondary N) is 3. The smallest absolute Gasteiger partial charge is 0.450 e. The van der Waals surface area contributed by atoms with Gasteiger partial charge in [-0.25, -0.2) is 9.18 Å². The third-order valence-electron chi connectivity index (χ3n) is 3.94. The Hall–Kier alpha value is -3.30. The maximum atomic E-state index is 14.3. The normalized spacial score (nSPS) is 11.6. The second-order valence-electron chi connectivity index (χ2n) is 6.74. The van der Waals surface area contributed by atoms with E-state index in [1.54, 1.807) is 20.8 Å². The molecule has 0 aliphatic heterocycles. The fourth-order valence-corrected chi connectivity index (χ4v) is 2.57. The van der Waals surface area contributed by atoms with Crippen molar-refractivity contribution in [3.05, 3.63) is 53.8 Å². The molecule has 0 bridgehead atoms. The molecule has 0 saturated heterocycles. The molecule has 0 spiro atoms. The molecule has 3 N–H and O–H groups in total. The number of anilines is 2. The van der Waals surface area contributed by atoms with Crippen LogP contribution in [0.2, 0.25) is 0 Å². The molecular weight excluding hydrogens is 406 g/mol. The van der Waals surface area contributed by atoms with Gasteiger partial charge >= 0.3 is 12.5 Å². The van der Waals surface area contributed by atoms with Crippen molar-refractivity contribution in [2.24, 2.45) is 0 Å². The van der Waals surface area contributed by atoms with E-state index in [-0.39, 0.29) is 29.3 Å². The summed E-state index contributed by atoms with van der Waals surface area (Å²) in [4.78, 5) is 11.4. The molecule has 162 valence electrons. The highest BCUT2D eigenvalue weighted by atomic mass is 19.4. The quantitative estimate of drug-likeness (QED) is 0.400. The molecular formula is C20H21F4N3O3. The Labute approximate surface area is 170 Å². The fraction of sp³-hybridized carbons (Fsp3) is 0.300. The molecule has 0 atom stereocenters. The topological polar surface area (TPSA) is 83.4 Å². The van der Waals surface area contributed by atoms with Crippen LogP contribution in [-0.4, -0.2) is 30.3 Å². The monoisotopic (exact) mass is 427 g/mol. The molecule has 0 saturated carbocycles. The number of halogens is 4. The van der Waals surface area contributed by atoms with Crippen LogP contribution in [0.5, 0.6) is 5.75 Å². The lowest BCUT2D eigenvalue weighted by molar-refractivity contribution is -0.274. The number of amides is 1.